The van der Waals surface area contributed by atoms with E-state index in [1.54, 1.807) is 0 Å². The molecule has 1 N–H and O–H groups in total. The van der Waals surface area contributed by atoms with Crippen molar-refractivity contribution in [3.05, 3.63) is 35.4 Å². The van der Waals surface area contributed by atoms with Crippen LogP contribution in [-0.2, 0) is 6.54 Å². The molecule has 1 aliphatic carbocycles. The molecular formula is C15H23N. The zero-order chi connectivity index (χ0) is 11.4. The van der Waals surface area contributed by atoms with Gasteiger partial charge in [0.05, 0.1) is 0 Å². The molecule has 0 aromatic heterocycles. The van der Waals surface area contributed by atoms with Gasteiger partial charge in [-0.1, -0.05) is 37.6 Å². The average molecular weight is 217 g/mol. The van der Waals surface area contributed by atoms with E-state index in [1.165, 1.54) is 36.8 Å². The second kappa shape index (κ2) is 5.49. The highest BCUT2D eigenvalue weighted by molar-refractivity contribution is 5.27. The van der Waals surface area contributed by atoms with Crippen molar-refractivity contribution in [3.8, 4) is 0 Å². The number of benzene rings is 1. The van der Waals surface area contributed by atoms with E-state index in [2.05, 4.69) is 43.4 Å². The predicted molar refractivity (Wildman–Crippen MR) is 69.6 cm³/mol. The Morgan fingerprint density at radius 3 is 2.50 bits per heavy atom. The van der Waals surface area contributed by atoms with Crippen LogP contribution in [0.15, 0.2) is 24.3 Å². The number of hydrogen-bond acceptors (Lipinski definition) is 1. The molecule has 0 bridgehead atoms. The van der Waals surface area contributed by atoms with Gasteiger partial charge in [-0.15, -0.1) is 0 Å². The lowest BCUT2D eigenvalue weighted by atomic mass is 10.1. The van der Waals surface area contributed by atoms with E-state index in [0.29, 0.717) is 6.04 Å². The van der Waals surface area contributed by atoms with Gasteiger partial charge in [-0.2, -0.15) is 0 Å². The summed E-state index contributed by atoms with van der Waals surface area (Å²) in [5, 5.41) is 3.56. The van der Waals surface area contributed by atoms with Crippen LogP contribution in [-0.4, -0.2) is 6.04 Å². The van der Waals surface area contributed by atoms with Crippen molar-refractivity contribution in [2.24, 2.45) is 0 Å². The highest BCUT2D eigenvalue weighted by Gasteiger charge is 2.22. The molecule has 1 nitrogen and oxygen atoms in total. The third-order valence-corrected chi connectivity index (χ3v) is 3.40. The molecule has 0 aliphatic heterocycles. The molecule has 0 radical (unpaired) electrons. The molecule has 1 saturated carbocycles. The zero-order valence-corrected chi connectivity index (χ0v) is 10.5. The summed E-state index contributed by atoms with van der Waals surface area (Å²) in [5.41, 5.74) is 2.94. The van der Waals surface area contributed by atoms with Gasteiger partial charge >= 0.3 is 0 Å². The van der Waals surface area contributed by atoms with Gasteiger partial charge in [0.25, 0.3) is 0 Å². The van der Waals surface area contributed by atoms with Crippen LogP contribution in [0.4, 0.5) is 0 Å². The van der Waals surface area contributed by atoms with Crippen molar-refractivity contribution in [1.82, 2.24) is 5.32 Å². The molecule has 0 amide bonds. The fourth-order valence-corrected chi connectivity index (χ4v) is 2.15. The number of rotatable bonds is 6. The van der Waals surface area contributed by atoms with Gasteiger partial charge in [-0.05, 0) is 43.2 Å². The first kappa shape index (κ1) is 11.7. The molecule has 0 spiro atoms. The standard InChI is InChI=1S/C15H23N/c1-3-4-12(2)16-11-13-5-7-14(8-6-13)15-9-10-15/h5-8,12,15-16H,3-4,9-11H2,1-2H3. The molecule has 1 aromatic rings. The van der Waals surface area contributed by atoms with E-state index in [0.717, 1.165) is 12.5 Å². The minimum atomic E-state index is 0.633. The number of hydrogen-bond donors (Lipinski definition) is 1. The third-order valence-electron chi connectivity index (χ3n) is 3.40. The number of nitrogens with one attached hydrogen (secondary N) is 1. The summed E-state index contributed by atoms with van der Waals surface area (Å²) in [6.07, 6.45) is 5.31. The maximum Gasteiger partial charge on any atom is 0.0207 e. The van der Waals surface area contributed by atoms with Gasteiger partial charge in [0.15, 0.2) is 0 Å². The maximum absolute atomic E-state index is 3.56. The Hall–Kier alpha value is -0.820. The van der Waals surface area contributed by atoms with Gasteiger partial charge in [0, 0.05) is 12.6 Å². The zero-order valence-electron chi connectivity index (χ0n) is 10.5. The quantitative estimate of drug-likeness (QED) is 0.763. The summed E-state index contributed by atoms with van der Waals surface area (Å²) in [6.45, 7) is 5.51. The SMILES string of the molecule is CCCC(C)NCc1ccc(C2CC2)cc1. The smallest absolute Gasteiger partial charge is 0.0207 e. The summed E-state index contributed by atoms with van der Waals surface area (Å²) in [7, 11) is 0. The van der Waals surface area contributed by atoms with Crippen molar-refractivity contribution in [1.29, 1.82) is 0 Å². The summed E-state index contributed by atoms with van der Waals surface area (Å²) >= 11 is 0. The maximum atomic E-state index is 3.56. The van der Waals surface area contributed by atoms with Crippen LogP contribution in [0.3, 0.4) is 0 Å². The van der Waals surface area contributed by atoms with E-state index >= 15 is 0 Å². The molecule has 2 rings (SSSR count). The first-order chi connectivity index (χ1) is 7.79. The Morgan fingerprint density at radius 1 is 1.25 bits per heavy atom. The molecule has 0 saturated heterocycles. The van der Waals surface area contributed by atoms with E-state index in [4.69, 9.17) is 0 Å². The molecule has 1 unspecified atom stereocenters. The van der Waals surface area contributed by atoms with Gasteiger partial charge in [-0.25, -0.2) is 0 Å². The minimum absolute atomic E-state index is 0.633. The highest BCUT2D eigenvalue weighted by Crippen LogP contribution is 2.39. The summed E-state index contributed by atoms with van der Waals surface area (Å²) in [5.74, 6) is 0.876. The molecule has 1 atom stereocenters. The van der Waals surface area contributed by atoms with Gasteiger partial charge in [-0.3, -0.25) is 0 Å². The fourth-order valence-electron chi connectivity index (χ4n) is 2.15. The van der Waals surface area contributed by atoms with Crippen LogP contribution in [0.5, 0.6) is 0 Å². The van der Waals surface area contributed by atoms with Gasteiger partial charge in [0.1, 0.15) is 0 Å². The van der Waals surface area contributed by atoms with Gasteiger partial charge < -0.3 is 5.32 Å². The first-order valence-electron chi connectivity index (χ1n) is 6.62. The van der Waals surface area contributed by atoms with Crippen molar-refractivity contribution < 1.29 is 0 Å². The van der Waals surface area contributed by atoms with E-state index in [1.807, 2.05) is 0 Å². The van der Waals surface area contributed by atoms with Crippen LogP contribution in [0, 0.1) is 0 Å². The van der Waals surface area contributed by atoms with Crippen LogP contribution in [0.25, 0.3) is 0 Å². The molecular weight excluding hydrogens is 194 g/mol. The topological polar surface area (TPSA) is 12.0 Å². The lowest BCUT2D eigenvalue weighted by Gasteiger charge is -2.12. The Kier molecular flexibility index (Phi) is 4.00. The average Bonchev–Trinajstić information content (AvgIpc) is 3.11. The largest absolute Gasteiger partial charge is 0.310 e. The second-order valence-electron chi connectivity index (χ2n) is 5.09. The minimum Gasteiger partial charge on any atom is -0.310 e. The van der Waals surface area contributed by atoms with Crippen molar-refractivity contribution in [2.45, 2.75) is 58.0 Å². The monoisotopic (exact) mass is 217 g/mol. The molecule has 0 heterocycles. The predicted octanol–water partition coefficient (Wildman–Crippen LogP) is 3.84. The molecule has 16 heavy (non-hydrogen) atoms. The van der Waals surface area contributed by atoms with Crippen molar-refractivity contribution >= 4 is 0 Å². The molecule has 88 valence electrons. The third kappa shape index (κ3) is 3.34. The van der Waals surface area contributed by atoms with Crippen molar-refractivity contribution in [3.63, 3.8) is 0 Å². The summed E-state index contributed by atoms with van der Waals surface area (Å²) in [4.78, 5) is 0. The Morgan fingerprint density at radius 2 is 1.94 bits per heavy atom. The van der Waals surface area contributed by atoms with Crippen LogP contribution in [0.1, 0.15) is 56.6 Å². The first-order valence-corrected chi connectivity index (χ1v) is 6.62. The Balaban J connectivity index is 1.80. The van der Waals surface area contributed by atoms with E-state index in [9.17, 15) is 0 Å². The van der Waals surface area contributed by atoms with Crippen LogP contribution in [0.2, 0.25) is 0 Å². The Bertz CT molecular complexity index is 311. The lowest BCUT2D eigenvalue weighted by molar-refractivity contribution is 0.508. The summed E-state index contributed by atoms with van der Waals surface area (Å²) < 4.78 is 0. The second-order valence-corrected chi connectivity index (χ2v) is 5.09. The summed E-state index contributed by atoms with van der Waals surface area (Å²) in [6, 6.07) is 9.80. The molecule has 1 heteroatoms. The Labute approximate surface area is 99.3 Å². The van der Waals surface area contributed by atoms with E-state index in [-0.39, 0.29) is 0 Å². The van der Waals surface area contributed by atoms with Gasteiger partial charge in [0.2, 0.25) is 0 Å². The lowest BCUT2D eigenvalue weighted by Crippen LogP contribution is -2.25. The molecule has 1 aromatic carbocycles. The van der Waals surface area contributed by atoms with Crippen LogP contribution >= 0.6 is 0 Å². The fraction of sp³-hybridized carbons (Fsp3) is 0.600. The molecule has 1 aliphatic rings. The van der Waals surface area contributed by atoms with Crippen molar-refractivity contribution in [2.75, 3.05) is 0 Å². The van der Waals surface area contributed by atoms with Crippen LogP contribution < -0.4 is 5.32 Å². The molecule has 1 fully saturated rings. The van der Waals surface area contributed by atoms with E-state index < -0.39 is 0 Å². The highest BCUT2D eigenvalue weighted by atomic mass is 14.9. The normalized spacial score (nSPS) is 17.4.